The molecule has 0 fully saturated rings. The van der Waals surface area contributed by atoms with E-state index in [2.05, 4.69) is 16.7 Å². The molecule has 0 aliphatic rings. The van der Waals surface area contributed by atoms with Gasteiger partial charge in [-0.3, -0.25) is 16.1 Å². The lowest BCUT2D eigenvalue weighted by atomic mass is 10.1. The van der Waals surface area contributed by atoms with E-state index in [0.29, 0.717) is 25.1 Å². The molecule has 1 aromatic rings. The zero-order valence-electron chi connectivity index (χ0n) is 9.70. The summed E-state index contributed by atoms with van der Waals surface area (Å²) in [5, 5.41) is 2.75. The molecule has 0 aromatic heterocycles. The van der Waals surface area contributed by atoms with Gasteiger partial charge in [0.1, 0.15) is 0 Å². The van der Waals surface area contributed by atoms with Crippen molar-refractivity contribution in [2.75, 3.05) is 13.1 Å². The number of benzene rings is 1. The molecule has 0 unspecified atom stereocenters. The quantitative estimate of drug-likeness (QED) is 0.288. The van der Waals surface area contributed by atoms with Gasteiger partial charge in [0, 0.05) is 25.1 Å². The summed E-state index contributed by atoms with van der Waals surface area (Å²) in [4.78, 5) is 11.6. The van der Waals surface area contributed by atoms with Crippen LogP contribution >= 0.6 is 0 Å². The van der Waals surface area contributed by atoms with E-state index in [-0.39, 0.29) is 5.91 Å². The number of amides is 1. The second-order valence-electron chi connectivity index (χ2n) is 3.61. The Kier molecular flexibility index (Phi) is 5.80. The van der Waals surface area contributed by atoms with E-state index in [4.69, 9.17) is 12.3 Å². The number of hydrogen-bond donors (Lipinski definition) is 3. The first-order valence-corrected chi connectivity index (χ1v) is 5.52. The smallest absolute Gasteiger partial charge is 0.251 e. The Labute approximate surface area is 102 Å². The number of nitrogens with two attached hydrogens (primary N) is 1. The number of hydrogen-bond acceptors (Lipinski definition) is 3. The van der Waals surface area contributed by atoms with Crippen LogP contribution in [0.1, 0.15) is 22.3 Å². The molecule has 4 N–H and O–H groups in total. The van der Waals surface area contributed by atoms with E-state index in [1.807, 2.05) is 12.1 Å². The lowest BCUT2D eigenvalue weighted by Gasteiger charge is -2.05. The Hall–Kier alpha value is -1.83. The van der Waals surface area contributed by atoms with Crippen molar-refractivity contribution in [2.24, 2.45) is 5.84 Å². The standard InChI is InChI=1S/C13H17N3O/c1-2-3-9-15-13(17)12-6-4-11(5-7-12)8-10-16-14/h1,4-7,16H,3,8-10,14H2,(H,15,17). The van der Waals surface area contributed by atoms with Gasteiger partial charge in [-0.2, -0.15) is 0 Å². The van der Waals surface area contributed by atoms with Gasteiger partial charge in [-0.1, -0.05) is 12.1 Å². The molecule has 0 heterocycles. The summed E-state index contributed by atoms with van der Waals surface area (Å²) in [6.45, 7) is 1.22. The van der Waals surface area contributed by atoms with Crippen LogP contribution in [0.25, 0.3) is 0 Å². The first-order valence-electron chi connectivity index (χ1n) is 5.52. The van der Waals surface area contributed by atoms with Crippen LogP contribution in [0.4, 0.5) is 0 Å². The molecule has 1 rings (SSSR count). The van der Waals surface area contributed by atoms with Crippen molar-refractivity contribution in [2.45, 2.75) is 12.8 Å². The number of hydrazine groups is 1. The van der Waals surface area contributed by atoms with Crippen LogP contribution in [-0.2, 0) is 6.42 Å². The zero-order valence-corrected chi connectivity index (χ0v) is 9.70. The van der Waals surface area contributed by atoms with Crippen molar-refractivity contribution < 1.29 is 4.79 Å². The van der Waals surface area contributed by atoms with Gasteiger partial charge in [-0.05, 0) is 24.1 Å². The summed E-state index contributed by atoms with van der Waals surface area (Å²) in [5.41, 5.74) is 4.38. The fourth-order valence-electron chi connectivity index (χ4n) is 1.39. The minimum absolute atomic E-state index is 0.0938. The fraction of sp³-hybridized carbons (Fsp3) is 0.308. The Morgan fingerprint density at radius 2 is 2.00 bits per heavy atom. The summed E-state index contributed by atoms with van der Waals surface area (Å²) < 4.78 is 0. The molecule has 0 saturated carbocycles. The Bertz CT molecular complexity index is 392. The Balaban J connectivity index is 2.49. The molecule has 0 saturated heterocycles. The Morgan fingerprint density at radius 3 is 2.59 bits per heavy atom. The largest absolute Gasteiger partial charge is 0.351 e. The van der Waals surface area contributed by atoms with Crippen LogP contribution in [0.2, 0.25) is 0 Å². The maximum atomic E-state index is 11.6. The third kappa shape index (κ3) is 4.68. The molecule has 0 aliphatic carbocycles. The topological polar surface area (TPSA) is 67.2 Å². The number of rotatable bonds is 6. The molecular formula is C13H17N3O. The third-order valence-corrected chi connectivity index (χ3v) is 2.33. The van der Waals surface area contributed by atoms with Gasteiger partial charge in [0.2, 0.25) is 0 Å². The number of carbonyl (C=O) groups excluding carboxylic acids is 1. The highest BCUT2D eigenvalue weighted by Gasteiger charge is 2.03. The zero-order chi connectivity index (χ0) is 12.5. The molecule has 4 nitrogen and oxygen atoms in total. The maximum absolute atomic E-state index is 11.6. The van der Waals surface area contributed by atoms with Gasteiger partial charge in [0.05, 0.1) is 0 Å². The summed E-state index contributed by atoms with van der Waals surface area (Å²) in [7, 11) is 0. The molecule has 0 spiro atoms. The summed E-state index contributed by atoms with van der Waals surface area (Å²) >= 11 is 0. The van der Waals surface area contributed by atoms with E-state index < -0.39 is 0 Å². The van der Waals surface area contributed by atoms with Gasteiger partial charge in [-0.15, -0.1) is 12.3 Å². The van der Waals surface area contributed by atoms with Gasteiger partial charge in [-0.25, -0.2) is 0 Å². The maximum Gasteiger partial charge on any atom is 0.251 e. The van der Waals surface area contributed by atoms with Gasteiger partial charge < -0.3 is 5.32 Å². The molecule has 4 heteroatoms. The molecule has 1 amide bonds. The van der Waals surface area contributed by atoms with Crippen LogP contribution in [-0.4, -0.2) is 19.0 Å². The predicted octanol–water partition coefficient (Wildman–Crippen LogP) is 0.445. The highest BCUT2D eigenvalue weighted by atomic mass is 16.1. The first kappa shape index (κ1) is 13.2. The van der Waals surface area contributed by atoms with Gasteiger partial charge in [0.25, 0.3) is 5.91 Å². The second-order valence-corrected chi connectivity index (χ2v) is 3.61. The Morgan fingerprint density at radius 1 is 1.29 bits per heavy atom. The number of nitrogens with one attached hydrogen (secondary N) is 2. The van der Waals surface area contributed by atoms with E-state index in [1.165, 1.54) is 0 Å². The third-order valence-electron chi connectivity index (χ3n) is 2.33. The molecule has 0 bridgehead atoms. The lowest BCUT2D eigenvalue weighted by Crippen LogP contribution is -2.25. The molecule has 0 atom stereocenters. The van der Waals surface area contributed by atoms with Gasteiger partial charge >= 0.3 is 0 Å². The summed E-state index contributed by atoms with van der Waals surface area (Å²) in [6, 6.07) is 7.45. The van der Waals surface area contributed by atoms with Crippen LogP contribution < -0.4 is 16.6 Å². The van der Waals surface area contributed by atoms with E-state index in [1.54, 1.807) is 12.1 Å². The highest BCUT2D eigenvalue weighted by molar-refractivity contribution is 5.94. The van der Waals surface area contributed by atoms with E-state index >= 15 is 0 Å². The van der Waals surface area contributed by atoms with Crippen LogP contribution in [0.5, 0.6) is 0 Å². The monoisotopic (exact) mass is 231 g/mol. The lowest BCUT2D eigenvalue weighted by molar-refractivity contribution is 0.0954. The molecule has 0 radical (unpaired) electrons. The SMILES string of the molecule is C#CCCNC(=O)c1ccc(CCNN)cc1. The molecule has 90 valence electrons. The summed E-state index contributed by atoms with van der Waals surface area (Å²) in [5.74, 6) is 7.57. The van der Waals surface area contributed by atoms with Crippen LogP contribution in [0.15, 0.2) is 24.3 Å². The van der Waals surface area contributed by atoms with Crippen molar-refractivity contribution >= 4 is 5.91 Å². The fourth-order valence-corrected chi connectivity index (χ4v) is 1.39. The highest BCUT2D eigenvalue weighted by Crippen LogP contribution is 2.04. The molecule has 17 heavy (non-hydrogen) atoms. The van der Waals surface area contributed by atoms with E-state index in [0.717, 1.165) is 12.0 Å². The molecular weight excluding hydrogens is 214 g/mol. The second kappa shape index (κ2) is 7.44. The normalized spacial score (nSPS) is 9.65. The van der Waals surface area contributed by atoms with Crippen molar-refractivity contribution in [3.63, 3.8) is 0 Å². The number of carbonyl (C=O) groups is 1. The molecule has 0 aliphatic heterocycles. The first-order chi connectivity index (χ1) is 8.27. The molecule has 1 aromatic carbocycles. The minimum Gasteiger partial charge on any atom is -0.351 e. The van der Waals surface area contributed by atoms with Gasteiger partial charge in [0.15, 0.2) is 0 Å². The van der Waals surface area contributed by atoms with Crippen molar-refractivity contribution in [3.05, 3.63) is 35.4 Å². The van der Waals surface area contributed by atoms with Crippen LogP contribution in [0, 0.1) is 12.3 Å². The minimum atomic E-state index is -0.0938. The van der Waals surface area contributed by atoms with E-state index in [9.17, 15) is 4.79 Å². The average molecular weight is 231 g/mol. The van der Waals surface area contributed by atoms with Crippen molar-refractivity contribution in [1.82, 2.24) is 10.7 Å². The predicted molar refractivity (Wildman–Crippen MR) is 68.1 cm³/mol. The van der Waals surface area contributed by atoms with Crippen molar-refractivity contribution in [3.8, 4) is 12.3 Å². The summed E-state index contributed by atoms with van der Waals surface area (Å²) in [6.07, 6.45) is 6.49. The number of terminal acetylenes is 1. The average Bonchev–Trinajstić information content (AvgIpc) is 2.37. The van der Waals surface area contributed by atoms with Crippen LogP contribution in [0.3, 0.4) is 0 Å². The van der Waals surface area contributed by atoms with Crippen molar-refractivity contribution in [1.29, 1.82) is 0 Å².